The van der Waals surface area contributed by atoms with Crippen molar-refractivity contribution in [2.45, 2.75) is 12.7 Å². The number of ether oxygens (including phenoxy) is 1. The van der Waals surface area contributed by atoms with Crippen molar-refractivity contribution in [2.75, 3.05) is 12.4 Å². The normalized spacial score (nSPS) is 11.3. The van der Waals surface area contributed by atoms with E-state index in [1.54, 1.807) is 18.2 Å². The number of hydrogen-bond acceptors (Lipinski definition) is 3. The van der Waals surface area contributed by atoms with Gasteiger partial charge in [-0.3, -0.25) is 0 Å². The number of methoxy groups -OCH3 is 1. The molecule has 112 valence electrons. The van der Waals surface area contributed by atoms with Gasteiger partial charge in [0.15, 0.2) is 0 Å². The Bertz CT molecular complexity index is 632. The molecule has 0 unspecified atom stereocenters. The predicted octanol–water partition coefficient (Wildman–Crippen LogP) is 4.37. The van der Waals surface area contributed by atoms with E-state index in [1.165, 1.54) is 19.2 Å². The Balaban J connectivity index is 2.13. The first-order valence-electron chi connectivity index (χ1n) is 6.00. The van der Waals surface area contributed by atoms with Crippen molar-refractivity contribution in [3.8, 4) is 5.88 Å². The Morgan fingerprint density at radius 3 is 2.67 bits per heavy atom. The first-order valence-corrected chi connectivity index (χ1v) is 6.38. The zero-order valence-corrected chi connectivity index (χ0v) is 11.8. The van der Waals surface area contributed by atoms with Gasteiger partial charge in [0.25, 0.3) is 0 Å². The Labute approximate surface area is 124 Å². The van der Waals surface area contributed by atoms with Gasteiger partial charge in [-0.1, -0.05) is 17.7 Å². The average Bonchev–Trinajstić information content (AvgIpc) is 2.45. The van der Waals surface area contributed by atoms with E-state index in [0.29, 0.717) is 17.3 Å². The number of benzene rings is 1. The third kappa shape index (κ3) is 4.01. The molecule has 2 aromatic rings. The summed E-state index contributed by atoms with van der Waals surface area (Å²) < 4.78 is 43.2. The zero-order chi connectivity index (χ0) is 15.5. The molecule has 1 aromatic carbocycles. The Kier molecular flexibility index (Phi) is 4.57. The largest absolute Gasteiger partial charge is 0.481 e. The molecule has 0 aliphatic rings. The van der Waals surface area contributed by atoms with E-state index in [9.17, 15) is 13.2 Å². The Morgan fingerprint density at radius 2 is 2.00 bits per heavy atom. The predicted molar refractivity (Wildman–Crippen MR) is 74.6 cm³/mol. The fourth-order valence-electron chi connectivity index (χ4n) is 1.71. The van der Waals surface area contributed by atoms with Crippen LogP contribution in [0.15, 0.2) is 36.4 Å². The smallest absolute Gasteiger partial charge is 0.417 e. The molecule has 0 saturated carbocycles. The van der Waals surface area contributed by atoms with Crippen molar-refractivity contribution in [2.24, 2.45) is 0 Å². The van der Waals surface area contributed by atoms with Crippen molar-refractivity contribution < 1.29 is 17.9 Å². The fraction of sp³-hybridized carbons (Fsp3) is 0.214. The molecule has 0 bridgehead atoms. The first-order chi connectivity index (χ1) is 9.90. The number of nitrogens with zero attached hydrogens (tertiary/aromatic N) is 1. The van der Waals surface area contributed by atoms with Gasteiger partial charge in [-0.25, -0.2) is 4.98 Å². The van der Waals surface area contributed by atoms with Crippen LogP contribution in [0.2, 0.25) is 5.02 Å². The van der Waals surface area contributed by atoms with Gasteiger partial charge in [-0.2, -0.15) is 13.2 Å². The van der Waals surface area contributed by atoms with Gasteiger partial charge in [0.05, 0.1) is 29.9 Å². The molecule has 1 heterocycles. The van der Waals surface area contributed by atoms with Gasteiger partial charge in [-0.05, 0) is 24.3 Å². The summed E-state index contributed by atoms with van der Waals surface area (Å²) in [7, 11) is 1.49. The van der Waals surface area contributed by atoms with E-state index in [1.807, 2.05) is 0 Å². The van der Waals surface area contributed by atoms with Gasteiger partial charge in [0.1, 0.15) is 0 Å². The highest BCUT2D eigenvalue weighted by Crippen LogP contribution is 2.36. The summed E-state index contributed by atoms with van der Waals surface area (Å²) in [5, 5.41) is 2.55. The van der Waals surface area contributed by atoms with Crippen LogP contribution in [0.3, 0.4) is 0 Å². The van der Waals surface area contributed by atoms with Gasteiger partial charge in [0.2, 0.25) is 5.88 Å². The van der Waals surface area contributed by atoms with Gasteiger partial charge < -0.3 is 10.1 Å². The maximum absolute atomic E-state index is 12.7. The summed E-state index contributed by atoms with van der Waals surface area (Å²) in [5.74, 6) is 0.446. The third-order valence-corrected chi connectivity index (χ3v) is 3.07. The molecule has 0 saturated heterocycles. The van der Waals surface area contributed by atoms with Crippen molar-refractivity contribution in [1.29, 1.82) is 0 Å². The highest BCUT2D eigenvalue weighted by Gasteiger charge is 2.33. The van der Waals surface area contributed by atoms with Crippen LogP contribution in [-0.4, -0.2) is 12.1 Å². The van der Waals surface area contributed by atoms with Crippen LogP contribution in [0.25, 0.3) is 0 Å². The van der Waals surface area contributed by atoms with E-state index >= 15 is 0 Å². The molecule has 0 atom stereocenters. The zero-order valence-electron chi connectivity index (χ0n) is 11.0. The van der Waals surface area contributed by atoms with E-state index in [2.05, 4.69) is 10.3 Å². The molecule has 0 radical (unpaired) electrons. The summed E-state index contributed by atoms with van der Waals surface area (Å²) in [6.07, 6.45) is -4.48. The van der Waals surface area contributed by atoms with E-state index in [0.717, 1.165) is 6.07 Å². The maximum Gasteiger partial charge on any atom is 0.417 e. The summed E-state index contributed by atoms with van der Waals surface area (Å²) in [4.78, 5) is 4.16. The standard InChI is InChI=1S/C14H12ClF3N2O/c1-21-13-4-2-3-10(20-13)8-19-9-5-6-12(15)11(7-9)14(16,17)18/h2-7,19H,8H2,1H3. The molecule has 1 aromatic heterocycles. The highest BCUT2D eigenvalue weighted by atomic mass is 35.5. The molecule has 0 spiro atoms. The Hall–Kier alpha value is -1.95. The van der Waals surface area contributed by atoms with Crippen LogP contribution in [0.1, 0.15) is 11.3 Å². The van der Waals surface area contributed by atoms with Crippen molar-refractivity contribution in [3.63, 3.8) is 0 Å². The van der Waals surface area contributed by atoms with Crippen LogP contribution < -0.4 is 10.1 Å². The second-order valence-corrected chi connectivity index (χ2v) is 4.62. The Morgan fingerprint density at radius 1 is 1.24 bits per heavy atom. The van der Waals surface area contributed by atoms with Crippen LogP contribution in [0.5, 0.6) is 5.88 Å². The fourth-order valence-corrected chi connectivity index (χ4v) is 1.94. The maximum atomic E-state index is 12.7. The molecular formula is C14H12ClF3N2O. The van der Waals surface area contributed by atoms with Crippen molar-refractivity contribution >= 4 is 17.3 Å². The molecule has 0 aliphatic carbocycles. The molecular weight excluding hydrogens is 305 g/mol. The second-order valence-electron chi connectivity index (χ2n) is 4.22. The lowest BCUT2D eigenvalue weighted by Gasteiger charge is -2.12. The minimum absolute atomic E-state index is 0.274. The lowest BCUT2D eigenvalue weighted by atomic mass is 10.2. The number of pyridine rings is 1. The lowest BCUT2D eigenvalue weighted by molar-refractivity contribution is -0.137. The van der Waals surface area contributed by atoms with Gasteiger partial charge in [0, 0.05) is 11.8 Å². The average molecular weight is 317 g/mol. The molecule has 1 N–H and O–H groups in total. The second kappa shape index (κ2) is 6.22. The third-order valence-electron chi connectivity index (χ3n) is 2.74. The van der Waals surface area contributed by atoms with Gasteiger partial charge in [-0.15, -0.1) is 0 Å². The highest BCUT2D eigenvalue weighted by molar-refractivity contribution is 6.31. The van der Waals surface area contributed by atoms with Crippen LogP contribution in [0.4, 0.5) is 18.9 Å². The lowest BCUT2D eigenvalue weighted by Crippen LogP contribution is -2.08. The first kappa shape index (κ1) is 15.4. The minimum Gasteiger partial charge on any atom is -0.481 e. The number of aromatic nitrogens is 1. The van der Waals surface area contributed by atoms with Crippen LogP contribution >= 0.6 is 11.6 Å². The summed E-state index contributed by atoms with van der Waals surface area (Å²) in [5.41, 5.74) is 0.0990. The summed E-state index contributed by atoms with van der Waals surface area (Å²) >= 11 is 5.56. The van der Waals surface area contributed by atoms with Crippen molar-refractivity contribution in [1.82, 2.24) is 4.98 Å². The number of nitrogens with one attached hydrogen (secondary N) is 1. The minimum atomic E-state index is -4.48. The monoisotopic (exact) mass is 316 g/mol. The van der Waals surface area contributed by atoms with E-state index in [4.69, 9.17) is 16.3 Å². The molecule has 21 heavy (non-hydrogen) atoms. The number of anilines is 1. The summed E-state index contributed by atoms with van der Waals surface area (Å²) in [6.45, 7) is 0.274. The molecule has 0 fully saturated rings. The number of halogens is 4. The summed E-state index contributed by atoms with van der Waals surface area (Å²) in [6, 6.07) is 8.86. The molecule has 0 amide bonds. The van der Waals surface area contributed by atoms with Crippen molar-refractivity contribution in [3.05, 3.63) is 52.7 Å². The van der Waals surface area contributed by atoms with Gasteiger partial charge >= 0.3 is 6.18 Å². The van der Waals surface area contributed by atoms with Crippen LogP contribution in [0, 0.1) is 0 Å². The number of alkyl halides is 3. The molecule has 3 nitrogen and oxygen atoms in total. The number of hydrogen-bond donors (Lipinski definition) is 1. The molecule has 0 aliphatic heterocycles. The van der Waals surface area contributed by atoms with E-state index < -0.39 is 11.7 Å². The molecule has 2 rings (SSSR count). The number of rotatable bonds is 4. The topological polar surface area (TPSA) is 34.1 Å². The van der Waals surface area contributed by atoms with E-state index in [-0.39, 0.29) is 11.6 Å². The molecule has 7 heteroatoms. The quantitative estimate of drug-likeness (QED) is 0.909. The SMILES string of the molecule is COc1cccc(CNc2ccc(Cl)c(C(F)(F)F)c2)n1. The van der Waals surface area contributed by atoms with Crippen LogP contribution in [-0.2, 0) is 12.7 Å².